The summed E-state index contributed by atoms with van der Waals surface area (Å²) < 4.78 is 17.7. The predicted octanol–water partition coefficient (Wildman–Crippen LogP) is 10.5. The molecular formula is C64H54N6O9S2. The molecule has 0 bridgehead atoms. The number of fused-ring (bicyclic) bond motifs is 1. The minimum atomic E-state index is -1.22. The highest BCUT2D eigenvalue weighted by Gasteiger charge is 2.55. The normalized spacial score (nSPS) is 16.4. The van der Waals surface area contributed by atoms with Crippen LogP contribution in [0, 0.1) is 5.92 Å². The summed E-state index contributed by atoms with van der Waals surface area (Å²) in [5.41, 5.74) is 9.93. The minimum absolute atomic E-state index is 0.0836. The smallest absolute Gasteiger partial charge is 0.404 e. The molecule has 3 aliphatic rings. The molecule has 0 radical (unpaired) electrons. The van der Waals surface area contributed by atoms with Gasteiger partial charge in [0.1, 0.15) is 35.0 Å². The molecule has 1 unspecified atom stereocenters. The minimum Gasteiger partial charge on any atom is -0.450 e. The highest BCUT2D eigenvalue weighted by atomic mass is 32.2. The van der Waals surface area contributed by atoms with Gasteiger partial charge in [0, 0.05) is 22.6 Å². The SMILES string of the molecule is NC(=O)OCC1=C(C(=O)OC(c2ccccc2)c2ccccc2)N2C(=O)[C@@H](NC(=O)/C(=N\OC(C(=O)OC(c3ccccc3)c3ccccc3)C3CC3)c3csc(NC(c4ccccc4)(c4ccccc4)c4ccccc4)n3)[C@H]2SC1. The molecule has 1 saturated heterocycles. The Labute approximate surface area is 475 Å². The fraction of sp³-hybridized carbons (Fsp3) is 0.172. The maximum atomic E-state index is 15.1. The number of nitrogens with zero attached hydrogens (tertiary/aromatic N) is 3. The highest BCUT2D eigenvalue weighted by Crippen LogP contribution is 2.44. The van der Waals surface area contributed by atoms with Crippen molar-refractivity contribution in [3.63, 3.8) is 0 Å². The zero-order chi connectivity index (χ0) is 55.7. The van der Waals surface area contributed by atoms with Crippen molar-refractivity contribution >= 4 is 63.8 Å². The number of hydrogen-bond donors (Lipinski definition) is 3. The van der Waals surface area contributed by atoms with Crippen molar-refractivity contribution in [1.82, 2.24) is 15.2 Å². The topological polar surface area (TPSA) is 201 Å². The van der Waals surface area contributed by atoms with E-state index in [0.29, 0.717) is 29.1 Å². The van der Waals surface area contributed by atoms with E-state index in [1.807, 2.05) is 212 Å². The second-order valence-corrected chi connectivity index (χ2v) is 21.4. The summed E-state index contributed by atoms with van der Waals surface area (Å²) in [5, 5.41) is 12.4. The van der Waals surface area contributed by atoms with Gasteiger partial charge < -0.3 is 35.4 Å². The van der Waals surface area contributed by atoms with Gasteiger partial charge in [-0.05, 0) is 51.8 Å². The number of esters is 2. The molecular weight excluding hydrogens is 1060 g/mol. The van der Waals surface area contributed by atoms with Crippen LogP contribution in [-0.2, 0) is 43.8 Å². The summed E-state index contributed by atoms with van der Waals surface area (Å²) in [5.74, 6) is -3.18. The van der Waals surface area contributed by atoms with Crippen LogP contribution in [-0.4, -0.2) is 75.3 Å². The van der Waals surface area contributed by atoms with E-state index in [-0.39, 0.29) is 34.3 Å². The van der Waals surface area contributed by atoms with E-state index in [0.717, 1.165) is 27.8 Å². The molecule has 0 spiro atoms. The number of carbonyl (C=O) groups excluding carboxylic acids is 5. The average Bonchev–Trinajstić information content (AvgIpc) is 4.41. The number of aromatic nitrogens is 1. The maximum Gasteiger partial charge on any atom is 0.404 e. The molecule has 3 atom stereocenters. The Morgan fingerprint density at radius 1 is 0.654 bits per heavy atom. The molecule has 1 aromatic heterocycles. The molecule has 1 saturated carbocycles. The number of oxime groups is 1. The first-order chi connectivity index (χ1) is 39.7. The fourth-order valence-electron chi connectivity index (χ4n) is 10.1. The summed E-state index contributed by atoms with van der Waals surface area (Å²) in [6.45, 7) is -0.391. The lowest BCUT2D eigenvalue weighted by Crippen LogP contribution is -2.71. The Balaban J connectivity index is 0.927. The number of hydrogen-bond acceptors (Lipinski definition) is 14. The van der Waals surface area contributed by atoms with Crippen molar-refractivity contribution in [1.29, 1.82) is 0 Å². The van der Waals surface area contributed by atoms with Gasteiger partial charge in [-0.1, -0.05) is 217 Å². The van der Waals surface area contributed by atoms with E-state index in [1.54, 1.807) is 5.38 Å². The Kier molecular flexibility index (Phi) is 16.1. The van der Waals surface area contributed by atoms with Crippen molar-refractivity contribution in [2.45, 2.75) is 48.1 Å². The van der Waals surface area contributed by atoms with Crippen LogP contribution < -0.4 is 16.4 Å². The second kappa shape index (κ2) is 24.4. The zero-order valence-corrected chi connectivity index (χ0v) is 45.1. The molecule has 7 aromatic carbocycles. The largest absolute Gasteiger partial charge is 0.450 e. The molecule has 11 rings (SSSR count). The predicted molar refractivity (Wildman–Crippen MR) is 308 cm³/mol. The first kappa shape index (κ1) is 53.7. The molecule has 2 fully saturated rings. The number of nitrogens with two attached hydrogens (primary N) is 1. The highest BCUT2D eigenvalue weighted by molar-refractivity contribution is 8.00. The quantitative estimate of drug-likeness (QED) is 0.0154. The number of nitrogens with one attached hydrogen (secondary N) is 2. The van der Waals surface area contributed by atoms with Crippen LogP contribution in [0.15, 0.2) is 234 Å². The van der Waals surface area contributed by atoms with Gasteiger partial charge in [-0.25, -0.2) is 19.4 Å². The third kappa shape index (κ3) is 11.7. The fourth-order valence-corrected chi connectivity index (χ4v) is 12.2. The van der Waals surface area contributed by atoms with Crippen LogP contribution in [0.1, 0.15) is 69.7 Å². The van der Waals surface area contributed by atoms with Crippen molar-refractivity contribution in [3.8, 4) is 0 Å². The molecule has 17 heteroatoms. The Bertz CT molecular complexity index is 3400. The summed E-state index contributed by atoms with van der Waals surface area (Å²) in [6, 6.07) is 65.8. The number of anilines is 1. The Morgan fingerprint density at radius 3 is 1.57 bits per heavy atom. The number of carbonyl (C=O) groups is 5. The van der Waals surface area contributed by atoms with Crippen LogP contribution in [0.3, 0.4) is 0 Å². The van der Waals surface area contributed by atoms with Crippen LogP contribution in [0.4, 0.5) is 9.93 Å². The molecule has 8 aromatic rings. The van der Waals surface area contributed by atoms with Gasteiger partial charge in [0.05, 0.1) is 0 Å². The summed E-state index contributed by atoms with van der Waals surface area (Å²) in [7, 11) is 0. The van der Waals surface area contributed by atoms with Gasteiger partial charge in [0.15, 0.2) is 23.1 Å². The van der Waals surface area contributed by atoms with Crippen molar-refractivity contribution < 1.29 is 43.0 Å². The molecule has 3 amide bonds. The van der Waals surface area contributed by atoms with Crippen LogP contribution >= 0.6 is 23.1 Å². The van der Waals surface area contributed by atoms with Crippen molar-refractivity contribution in [2.24, 2.45) is 16.8 Å². The molecule has 81 heavy (non-hydrogen) atoms. The number of β-lactam (4-membered cyclic amide) rings is 1. The van der Waals surface area contributed by atoms with Crippen molar-refractivity contribution in [3.05, 3.63) is 274 Å². The molecule has 2 aliphatic heterocycles. The van der Waals surface area contributed by atoms with Crippen LogP contribution in [0.2, 0.25) is 0 Å². The van der Waals surface area contributed by atoms with E-state index in [1.165, 1.54) is 28.0 Å². The van der Waals surface area contributed by atoms with Gasteiger partial charge in [0.25, 0.3) is 11.8 Å². The first-order valence-electron chi connectivity index (χ1n) is 26.3. The lowest BCUT2D eigenvalue weighted by atomic mass is 9.77. The molecule has 4 N–H and O–H groups in total. The lowest BCUT2D eigenvalue weighted by molar-refractivity contribution is -0.163. The maximum absolute atomic E-state index is 15.1. The van der Waals surface area contributed by atoms with Gasteiger partial charge >= 0.3 is 18.0 Å². The molecule has 15 nitrogen and oxygen atoms in total. The van der Waals surface area contributed by atoms with Crippen LogP contribution in [0.5, 0.6) is 0 Å². The van der Waals surface area contributed by atoms with Crippen LogP contribution in [0.25, 0.3) is 0 Å². The van der Waals surface area contributed by atoms with Crippen molar-refractivity contribution in [2.75, 3.05) is 17.7 Å². The summed E-state index contributed by atoms with van der Waals surface area (Å²) >= 11 is 2.47. The number of thioether (sulfide) groups is 1. The van der Waals surface area contributed by atoms with E-state index in [9.17, 15) is 19.2 Å². The number of primary amides is 1. The first-order valence-corrected chi connectivity index (χ1v) is 28.2. The average molecular weight is 1120 g/mol. The summed E-state index contributed by atoms with van der Waals surface area (Å²) in [4.78, 5) is 83.2. The standard InChI is InChI=1S/C64H54N6O9S2/c65-62(75)76-38-46-39-80-59-52(58(72)70(59)53(46)60(73)77-54(41-22-8-1-9-23-41)42-24-10-2-11-25-42)67-57(71)51(69-79-56(45-36-37-45)61(74)78-55(43-26-12-3-13-27-43)44-28-14-4-15-29-44)50-40-81-63(66-50)68-64(47-30-16-5-17-31-47,48-32-18-6-19-33-48)49-34-20-7-21-35-49/h1-35,40,45,52,54-56,59H,36-39H2,(H2,65,75)(H,66,68)(H,67,71)/b69-51-/t52-,56?,59-/m1/s1. The van der Waals surface area contributed by atoms with Gasteiger partial charge in [-0.2, -0.15) is 0 Å². The van der Waals surface area contributed by atoms with E-state index >= 15 is 4.79 Å². The number of rotatable bonds is 21. The second-order valence-electron chi connectivity index (χ2n) is 19.5. The van der Waals surface area contributed by atoms with Gasteiger partial charge in [-0.15, -0.1) is 23.1 Å². The van der Waals surface area contributed by atoms with E-state index < -0.39 is 71.7 Å². The van der Waals surface area contributed by atoms with E-state index in [4.69, 9.17) is 29.8 Å². The molecule has 1 aliphatic carbocycles. The third-order valence-corrected chi connectivity index (χ3v) is 16.3. The number of benzene rings is 7. The Hall–Kier alpha value is -9.32. The van der Waals surface area contributed by atoms with Gasteiger partial charge in [0.2, 0.25) is 6.10 Å². The monoisotopic (exact) mass is 1110 g/mol. The molecule has 406 valence electrons. The van der Waals surface area contributed by atoms with E-state index in [2.05, 4.69) is 15.8 Å². The van der Waals surface area contributed by atoms with Gasteiger partial charge in [-0.3, -0.25) is 14.5 Å². The number of amides is 3. The lowest BCUT2D eigenvalue weighted by Gasteiger charge is -2.49. The number of ether oxygens (including phenoxy) is 3. The summed E-state index contributed by atoms with van der Waals surface area (Å²) in [6.07, 6.45) is -2.64. The zero-order valence-electron chi connectivity index (χ0n) is 43.5. The Morgan fingerprint density at radius 2 is 1.11 bits per heavy atom. The number of thiazole rings is 1. The molecule has 3 heterocycles. The third-order valence-electron chi connectivity index (χ3n) is 14.2.